The number of hydrogen-bond acceptors (Lipinski definition) is 6. The monoisotopic (exact) mass is 472 g/mol. The summed E-state index contributed by atoms with van der Waals surface area (Å²) in [6.45, 7) is 7.11. The zero-order valence-corrected chi connectivity index (χ0v) is 19.8. The van der Waals surface area contributed by atoms with Crippen molar-refractivity contribution < 1.29 is 39.4 Å². The van der Waals surface area contributed by atoms with Crippen LogP contribution in [-0.2, 0) is 40.3 Å². The lowest BCUT2D eigenvalue weighted by molar-refractivity contribution is -0.450. The van der Waals surface area contributed by atoms with Crippen molar-refractivity contribution in [2.75, 3.05) is 0 Å². The number of hydrogen-bond donors (Lipinski definition) is 2. The molecule has 0 amide bonds. The molecule has 1 fully saturated rings. The molecule has 34 heavy (non-hydrogen) atoms. The molecule has 1 saturated carbocycles. The van der Waals surface area contributed by atoms with E-state index in [2.05, 4.69) is 0 Å². The summed E-state index contributed by atoms with van der Waals surface area (Å²) in [4.78, 5) is 46.9. The van der Waals surface area contributed by atoms with Gasteiger partial charge in [0.25, 0.3) is 0 Å². The fourth-order valence-corrected chi connectivity index (χ4v) is 4.04. The van der Waals surface area contributed by atoms with Crippen molar-refractivity contribution in [3.8, 4) is 0 Å². The van der Waals surface area contributed by atoms with Crippen molar-refractivity contribution in [1.29, 1.82) is 0 Å². The van der Waals surface area contributed by atoms with Crippen LogP contribution in [0.25, 0.3) is 0 Å². The zero-order chi connectivity index (χ0) is 24.9. The second-order valence-electron chi connectivity index (χ2n) is 9.51. The molecular formula is C26H32O8. The van der Waals surface area contributed by atoms with Crippen LogP contribution in [-0.4, -0.2) is 34.4 Å². The summed E-state index contributed by atoms with van der Waals surface area (Å²) < 4.78 is 0. The van der Waals surface area contributed by atoms with E-state index in [-0.39, 0.29) is 12.8 Å². The molecule has 3 rings (SSSR count). The molecule has 0 radical (unpaired) electrons. The fourth-order valence-electron chi connectivity index (χ4n) is 4.04. The van der Waals surface area contributed by atoms with E-state index in [1.54, 1.807) is 27.7 Å². The first kappa shape index (κ1) is 25.8. The van der Waals surface area contributed by atoms with Crippen LogP contribution < -0.4 is 0 Å². The molecule has 8 heteroatoms. The van der Waals surface area contributed by atoms with E-state index in [4.69, 9.17) is 19.6 Å². The van der Waals surface area contributed by atoms with Crippen molar-refractivity contribution >= 4 is 11.9 Å². The Labute approximate surface area is 199 Å². The van der Waals surface area contributed by atoms with Gasteiger partial charge in [-0.1, -0.05) is 60.7 Å². The Hall–Kier alpha value is -2.78. The molecule has 4 unspecified atom stereocenters. The summed E-state index contributed by atoms with van der Waals surface area (Å²) in [6.07, 6.45) is -2.20. The van der Waals surface area contributed by atoms with Crippen LogP contribution in [0.1, 0.15) is 51.7 Å². The van der Waals surface area contributed by atoms with Crippen molar-refractivity contribution in [1.82, 2.24) is 0 Å². The van der Waals surface area contributed by atoms with Crippen molar-refractivity contribution in [3.05, 3.63) is 71.8 Å². The molecule has 1 aliphatic carbocycles. The Kier molecular flexibility index (Phi) is 8.09. The van der Waals surface area contributed by atoms with Gasteiger partial charge in [0.15, 0.2) is 0 Å². The summed E-state index contributed by atoms with van der Waals surface area (Å²) in [5.74, 6) is -4.30. The maximum atomic E-state index is 12.0. The number of carboxylic acid groups (broad SMARTS) is 2. The third kappa shape index (κ3) is 6.01. The molecule has 2 aromatic carbocycles. The molecule has 2 aromatic rings. The largest absolute Gasteiger partial charge is 0.481 e. The van der Waals surface area contributed by atoms with Gasteiger partial charge in [-0.25, -0.2) is 19.6 Å². The van der Waals surface area contributed by atoms with E-state index in [1.165, 1.54) is 0 Å². The molecule has 184 valence electrons. The van der Waals surface area contributed by atoms with E-state index in [9.17, 15) is 19.8 Å². The highest BCUT2D eigenvalue weighted by Crippen LogP contribution is 2.38. The Morgan fingerprint density at radius 1 is 0.676 bits per heavy atom. The van der Waals surface area contributed by atoms with E-state index < -0.39 is 47.2 Å². The van der Waals surface area contributed by atoms with Gasteiger partial charge in [0.2, 0.25) is 0 Å². The maximum absolute atomic E-state index is 12.0. The Morgan fingerprint density at radius 3 is 1.29 bits per heavy atom. The minimum atomic E-state index is -1.21. The highest BCUT2D eigenvalue weighted by Gasteiger charge is 2.50. The molecule has 0 bridgehead atoms. The maximum Gasteiger partial charge on any atom is 0.309 e. The lowest BCUT2D eigenvalue weighted by Crippen LogP contribution is -2.52. The average Bonchev–Trinajstić information content (AvgIpc) is 2.82. The average molecular weight is 473 g/mol. The van der Waals surface area contributed by atoms with Crippen LogP contribution in [0.15, 0.2) is 60.7 Å². The Balaban J connectivity index is 1.84. The van der Waals surface area contributed by atoms with E-state index in [1.807, 2.05) is 60.7 Å². The quantitative estimate of drug-likeness (QED) is 0.379. The van der Waals surface area contributed by atoms with Gasteiger partial charge in [0.1, 0.15) is 23.4 Å². The van der Waals surface area contributed by atoms with Crippen LogP contribution in [0.4, 0.5) is 0 Å². The SMILES string of the molecule is CC(C)(OOC1C(C(=O)O)CCC(C(=O)O)C1OOC(C)(C)c1ccccc1)c1ccccc1. The van der Waals surface area contributed by atoms with Gasteiger partial charge < -0.3 is 10.2 Å². The molecule has 0 saturated heterocycles. The zero-order valence-electron chi connectivity index (χ0n) is 19.8. The first-order chi connectivity index (χ1) is 16.0. The number of benzene rings is 2. The molecule has 8 nitrogen and oxygen atoms in total. The van der Waals surface area contributed by atoms with Gasteiger partial charge in [-0.3, -0.25) is 9.59 Å². The molecule has 1 aliphatic rings. The smallest absolute Gasteiger partial charge is 0.309 e. The van der Waals surface area contributed by atoms with Crippen LogP contribution in [0.2, 0.25) is 0 Å². The van der Waals surface area contributed by atoms with Gasteiger partial charge in [-0.2, -0.15) is 0 Å². The van der Waals surface area contributed by atoms with E-state index in [0.717, 1.165) is 11.1 Å². The van der Waals surface area contributed by atoms with E-state index in [0.29, 0.717) is 0 Å². The number of carbonyl (C=O) groups is 2. The summed E-state index contributed by atoms with van der Waals surface area (Å²) in [5, 5.41) is 19.6. The number of carboxylic acids is 2. The van der Waals surface area contributed by atoms with Gasteiger partial charge >= 0.3 is 11.9 Å². The third-order valence-electron chi connectivity index (χ3n) is 6.21. The topological polar surface area (TPSA) is 112 Å². The minimum absolute atomic E-state index is 0.105. The first-order valence-electron chi connectivity index (χ1n) is 11.3. The summed E-state index contributed by atoms with van der Waals surface area (Å²) >= 11 is 0. The number of rotatable bonds is 10. The van der Waals surface area contributed by atoms with Crippen molar-refractivity contribution in [3.63, 3.8) is 0 Å². The lowest BCUT2D eigenvalue weighted by atomic mass is 9.77. The molecule has 0 aliphatic heterocycles. The molecule has 4 atom stereocenters. The molecule has 2 N–H and O–H groups in total. The third-order valence-corrected chi connectivity index (χ3v) is 6.21. The van der Waals surface area contributed by atoms with Crippen LogP contribution in [0.5, 0.6) is 0 Å². The fraction of sp³-hybridized carbons (Fsp3) is 0.462. The van der Waals surface area contributed by atoms with Crippen LogP contribution >= 0.6 is 0 Å². The molecule has 0 spiro atoms. The van der Waals surface area contributed by atoms with Crippen LogP contribution in [0, 0.1) is 11.8 Å². The summed E-state index contributed by atoms with van der Waals surface area (Å²) in [6, 6.07) is 18.6. The van der Waals surface area contributed by atoms with Gasteiger partial charge in [0, 0.05) is 0 Å². The second kappa shape index (κ2) is 10.7. The van der Waals surface area contributed by atoms with Crippen LogP contribution in [0.3, 0.4) is 0 Å². The molecule has 0 aromatic heterocycles. The Morgan fingerprint density at radius 2 is 1.00 bits per heavy atom. The van der Waals surface area contributed by atoms with Gasteiger partial charge in [-0.05, 0) is 51.7 Å². The van der Waals surface area contributed by atoms with E-state index >= 15 is 0 Å². The Bertz CT molecular complexity index is 878. The lowest BCUT2D eigenvalue weighted by Gasteiger charge is -2.40. The predicted octanol–water partition coefficient (Wildman–Crippen LogP) is 4.69. The molecule has 0 heterocycles. The number of aliphatic carboxylic acids is 2. The second-order valence-corrected chi connectivity index (χ2v) is 9.51. The van der Waals surface area contributed by atoms with Gasteiger partial charge in [0.05, 0.1) is 11.8 Å². The predicted molar refractivity (Wildman–Crippen MR) is 122 cm³/mol. The normalized spacial score (nSPS) is 23.4. The first-order valence-corrected chi connectivity index (χ1v) is 11.3. The van der Waals surface area contributed by atoms with Gasteiger partial charge in [-0.15, -0.1) is 0 Å². The highest BCUT2D eigenvalue weighted by molar-refractivity contribution is 5.74. The summed E-state index contributed by atoms with van der Waals surface area (Å²) in [7, 11) is 0. The highest BCUT2D eigenvalue weighted by atomic mass is 17.2. The van der Waals surface area contributed by atoms with Crippen molar-refractivity contribution in [2.24, 2.45) is 11.8 Å². The summed E-state index contributed by atoms with van der Waals surface area (Å²) in [5.41, 5.74) is -0.220. The standard InChI is InChI=1S/C26H32O8/c1-25(2,17-11-7-5-8-12-17)33-31-21-19(23(27)28)15-16-20(24(29)30)22(21)32-34-26(3,4)18-13-9-6-10-14-18/h5-14,19-22H,15-16H2,1-4H3,(H,27,28)(H,29,30). The van der Waals surface area contributed by atoms with Crippen molar-refractivity contribution in [2.45, 2.75) is 63.9 Å². The molecular weight excluding hydrogens is 440 g/mol. The minimum Gasteiger partial charge on any atom is -0.481 e.